The molecule has 3 aromatic rings. The number of methoxy groups -OCH3 is 2. The number of thiazole rings is 1. The Bertz CT molecular complexity index is 1360. The van der Waals surface area contributed by atoms with E-state index in [2.05, 4.69) is 18.7 Å². The quantitative estimate of drug-likeness (QED) is 0.256. The van der Waals surface area contributed by atoms with Gasteiger partial charge in [0.25, 0.3) is 5.91 Å². The highest BCUT2D eigenvalue weighted by atomic mass is 35.5. The molecule has 0 saturated heterocycles. The number of likely N-dealkylation sites (N-methyl/N-ethyl adjacent to an activating group) is 1. The van der Waals surface area contributed by atoms with Crippen LogP contribution < -0.4 is 14.4 Å². The van der Waals surface area contributed by atoms with E-state index in [0.29, 0.717) is 40.8 Å². The molecule has 9 nitrogen and oxygen atoms in total. The molecule has 0 atom stereocenters. The van der Waals surface area contributed by atoms with Gasteiger partial charge in [-0.3, -0.25) is 9.69 Å². The van der Waals surface area contributed by atoms with E-state index in [1.165, 1.54) is 27.8 Å². The molecule has 0 unspecified atom stereocenters. The third-order valence-corrected chi connectivity index (χ3v) is 10.8. The Hall–Kier alpha value is -2.44. The average molecular weight is 625 g/mol. The van der Waals surface area contributed by atoms with Crippen molar-refractivity contribution in [3.63, 3.8) is 0 Å². The molecule has 0 radical (unpaired) electrons. The normalized spacial score (nSPS) is 14.3. The molecule has 1 amide bonds. The van der Waals surface area contributed by atoms with E-state index in [0.717, 1.165) is 49.9 Å². The highest BCUT2D eigenvalue weighted by Crippen LogP contribution is 2.40. The summed E-state index contributed by atoms with van der Waals surface area (Å²) in [5, 5.41) is 0.531. The molecule has 0 spiro atoms. The number of hydrogen-bond donors (Lipinski definition) is 0. The standard InChI is InChI=1S/C29H40N4O5S2.ClH/c1-6-32(7-2)19-20-33(29-30-26-24(37-4)17-18-25(38-5)27(26)39-29)28(34)21-13-15-23(16-14-21)40(35,36)31(3)22-11-9-8-10-12-22;/h13-18,22H,6-12,19-20H2,1-5H3;1H. The molecule has 226 valence electrons. The van der Waals surface area contributed by atoms with Crippen LogP contribution in [0.1, 0.15) is 56.3 Å². The molecule has 12 heteroatoms. The fraction of sp³-hybridized carbons (Fsp3) is 0.517. The number of aromatic nitrogens is 1. The van der Waals surface area contributed by atoms with Crippen molar-refractivity contribution in [2.75, 3.05) is 52.3 Å². The molecule has 1 aliphatic carbocycles. The Kier molecular flexibility index (Phi) is 11.8. The Morgan fingerprint density at radius 3 is 2.15 bits per heavy atom. The maximum Gasteiger partial charge on any atom is 0.260 e. The first-order chi connectivity index (χ1) is 19.2. The summed E-state index contributed by atoms with van der Waals surface area (Å²) < 4.78 is 40.0. The zero-order chi connectivity index (χ0) is 28.9. The Balaban J connectivity index is 0.00000462. The lowest BCUT2D eigenvalue weighted by Gasteiger charge is -2.30. The van der Waals surface area contributed by atoms with Crippen LogP contribution >= 0.6 is 23.7 Å². The molecule has 1 saturated carbocycles. The van der Waals surface area contributed by atoms with Crippen LogP contribution in [0.25, 0.3) is 10.2 Å². The van der Waals surface area contributed by atoms with Crippen LogP contribution in [0.15, 0.2) is 41.3 Å². The van der Waals surface area contributed by atoms with E-state index < -0.39 is 10.0 Å². The molecule has 1 fully saturated rings. The second kappa shape index (κ2) is 14.6. The Morgan fingerprint density at radius 2 is 1.56 bits per heavy atom. The van der Waals surface area contributed by atoms with Crippen LogP contribution in [0, 0.1) is 0 Å². The number of nitrogens with zero attached hydrogens (tertiary/aromatic N) is 4. The first kappa shape index (κ1) is 33.1. The molecule has 0 aliphatic heterocycles. The summed E-state index contributed by atoms with van der Waals surface area (Å²) in [6.07, 6.45) is 5.01. The number of rotatable bonds is 12. The van der Waals surface area contributed by atoms with Gasteiger partial charge >= 0.3 is 0 Å². The van der Waals surface area contributed by atoms with Crippen LogP contribution in [0.2, 0.25) is 0 Å². The average Bonchev–Trinajstić information content (AvgIpc) is 3.44. The van der Waals surface area contributed by atoms with Crippen LogP contribution in [-0.4, -0.2) is 82.0 Å². The van der Waals surface area contributed by atoms with Gasteiger partial charge in [0.05, 0.1) is 19.1 Å². The van der Waals surface area contributed by atoms with Crippen molar-refractivity contribution in [2.24, 2.45) is 0 Å². The van der Waals surface area contributed by atoms with Gasteiger partial charge in [0, 0.05) is 31.7 Å². The predicted octanol–water partition coefficient (Wildman–Crippen LogP) is 5.68. The topological polar surface area (TPSA) is 92.3 Å². The molecule has 0 N–H and O–H groups in total. The zero-order valence-corrected chi connectivity index (χ0v) is 26.9. The summed E-state index contributed by atoms with van der Waals surface area (Å²) in [4.78, 5) is 22.8. The van der Waals surface area contributed by atoms with Gasteiger partial charge in [-0.1, -0.05) is 44.4 Å². The first-order valence-electron chi connectivity index (χ1n) is 13.9. The molecular weight excluding hydrogens is 584 g/mol. The molecule has 1 heterocycles. The molecule has 1 aliphatic rings. The summed E-state index contributed by atoms with van der Waals surface area (Å²) in [6, 6.07) is 9.92. The molecule has 1 aromatic heterocycles. The van der Waals surface area contributed by atoms with Crippen LogP contribution in [0.5, 0.6) is 11.5 Å². The minimum absolute atomic E-state index is 0. The number of fused-ring (bicyclic) bond motifs is 1. The maximum absolute atomic E-state index is 13.9. The Morgan fingerprint density at radius 1 is 0.951 bits per heavy atom. The summed E-state index contributed by atoms with van der Waals surface area (Å²) in [5.74, 6) is 1.02. The fourth-order valence-electron chi connectivity index (χ4n) is 5.19. The monoisotopic (exact) mass is 624 g/mol. The van der Waals surface area contributed by atoms with Gasteiger partial charge in [-0.05, 0) is 62.3 Å². The summed E-state index contributed by atoms with van der Waals surface area (Å²) >= 11 is 1.37. The van der Waals surface area contributed by atoms with E-state index in [-0.39, 0.29) is 29.3 Å². The van der Waals surface area contributed by atoms with Crippen molar-refractivity contribution in [1.29, 1.82) is 0 Å². The van der Waals surface area contributed by atoms with E-state index in [1.807, 2.05) is 6.07 Å². The highest BCUT2D eigenvalue weighted by molar-refractivity contribution is 7.89. The molecule has 0 bridgehead atoms. The van der Waals surface area contributed by atoms with Gasteiger partial charge in [0.2, 0.25) is 10.0 Å². The number of carbonyl (C=O) groups excluding carboxylic acids is 1. The highest BCUT2D eigenvalue weighted by Gasteiger charge is 2.30. The smallest absolute Gasteiger partial charge is 0.260 e. The Labute approximate surface area is 253 Å². The number of carbonyl (C=O) groups is 1. The third-order valence-electron chi connectivity index (χ3n) is 7.78. The van der Waals surface area contributed by atoms with Gasteiger partial charge in [0.1, 0.15) is 21.7 Å². The fourth-order valence-corrected chi connectivity index (χ4v) is 7.70. The van der Waals surface area contributed by atoms with Gasteiger partial charge in [-0.25, -0.2) is 13.4 Å². The second-order valence-electron chi connectivity index (χ2n) is 9.97. The molecule has 2 aromatic carbocycles. The number of amides is 1. The van der Waals surface area contributed by atoms with E-state index in [4.69, 9.17) is 14.5 Å². The minimum Gasteiger partial charge on any atom is -0.495 e. The number of benzene rings is 2. The van der Waals surface area contributed by atoms with Gasteiger partial charge in [0.15, 0.2) is 5.13 Å². The van der Waals surface area contributed by atoms with Crippen molar-refractivity contribution in [3.05, 3.63) is 42.0 Å². The van der Waals surface area contributed by atoms with E-state index in [9.17, 15) is 13.2 Å². The third kappa shape index (κ3) is 7.14. The lowest BCUT2D eigenvalue weighted by molar-refractivity contribution is 0.0983. The largest absolute Gasteiger partial charge is 0.495 e. The molecular formula is C29H41ClN4O5S2. The van der Waals surface area contributed by atoms with E-state index >= 15 is 0 Å². The van der Waals surface area contributed by atoms with Crippen molar-refractivity contribution in [2.45, 2.75) is 56.9 Å². The van der Waals surface area contributed by atoms with E-state index in [1.54, 1.807) is 44.4 Å². The van der Waals surface area contributed by atoms with Gasteiger partial charge < -0.3 is 14.4 Å². The number of anilines is 1. The summed E-state index contributed by atoms with van der Waals surface area (Å²) in [7, 11) is 1.20. The van der Waals surface area contributed by atoms with Crippen LogP contribution in [-0.2, 0) is 10.0 Å². The number of halogens is 1. The number of sulfonamides is 1. The van der Waals surface area contributed by atoms with Crippen molar-refractivity contribution in [3.8, 4) is 11.5 Å². The molecule has 4 rings (SSSR count). The molecule has 41 heavy (non-hydrogen) atoms. The van der Waals surface area contributed by atoms with Crippen LogP contribution in [0.3, 0.4) is 0 Å². The van der Waals surface area contributed by atoms with Gasteiger partial charge in [-0.15, -0.1) is 12.4 Å². The second-order valence-corrected chi connectivity index (χ2v) is 12.9. The SMILES string of the molecule is CCN(CC)CCN(C(=O)c1ccc(S(=O)(=O)N(C)C2CCCCC2)cc1)c1nc2c(OC)ccc(OC)c2s1.Cl. The van der Waals surface area contributed by atoms with Crippen molar-refractivity contribution < 1.29 is 22.7 Å². The maximum atomic E-state index is 13.9. The lowest BCUT2D eigenvalue weighted by Crippen LogP contribution is -2.39. The number of ether oxygens (including phenoxy) is 2. The minimum atomic E-state index is -3.65. The summed E-state index contributed by atoms with van der Waals surface area (Å²) in [6.45, 7) is 7.00. The van der Waals surface area contributed by atoms with Gasteiger partial charge in [-0.2, -0.15) is 4.31 Å². The van der Waals surface area contributed by atoms with Crippen molar-refractivity contribution >= 4 is 55.0 Å². The zero-order valence-electron chi connectivity index (χ0n) is 24.5. The number of hydrogen-bond acceptors (Lipinski definition) is 8. The van der Waals surface area contributed by atoms with Crippen LogP contribution in [0.4, 0.5) is 5.13 Å². The lowest BCUT2D eigenvalue weighted by atomic mass is 9.96. The van der Waals surface area contributed by atoms with Crippen molar-refractivity contribution in [1.82, 2.24) is 14.2 Å². The predicted molar refractivity (Wildman–Crippen MR) is 168 cm³/mol. The summed E-state index contributed by atoms with van der Waals surface area (Å²) in [5.41, 5.74) is 1.03. The first-order valence-corrected chi connectivity index (χ1v) is 16.1.